The monoisotopic (exact) mass is 488 g/mol. The average Bonchev–Trinajstić information content (AvgIpc) is 3.13. The summed E-state index contributed by atoms with van der Waals surface area (Å²) < 4.78 is 12.2. The number of rotatable bonds is 8. The molecule has 1 unspecified atom stereocenters. The Labute approximate surface area is 208 Å². The van der Waals surface area contributed by atoms with E-state index in [9.17, 15) is 19.5 Å². The van der Waals surface area contributed by atoms with Crippen molar-refractivity contribution in [1.82, 2.24) is 9.80 Å². The first kappa shape index (κ1) is 25.9. The first-order valence-electron chi connectivity index (χ1n) is 13.1. The molecule has 2 amide bonds. The van der Waals surface area contributed by atoms with Gasteiger partial charge in [-0.2, -0.15) is 0 Å². The number of aliphatic hydroxyl groups is 1. The van der Waals surface area contributed by atoms with Gasteiger partial charge >= 0.3 is 5.97 Å². The van der Waals surface area contributed by atoms with Crippen LogP contribution in [0.1, 0.15) is 59.8 Å². The number of nitrogens with zero attached hydrogens (tertiary/aromatic N) is 2. The summed E-state index contributed by atoms with van der Waals surface area (Å²) in [6, 6.07) is -1.49. The van der Waals surface area contributed by atoms with Crippen molar-refractivity contribution < 1.29 is 29.0 Å². The lowest BCUT2D eigenvalue weighted by Gasteiger charge is -2.40. The lowest BCUT2D eigenvalue weighted by Crippen LogP contribution is -2.59. The largest absolute Gasteiger partial charge is 0.465 e. The predicted molar refractivity (Wildman–Crippen MR) is 130 cm³/mol. The smallest absolute Gasteiger partial charge is 0.313 e. The van der Waals surface area contributed by atoms with Crippen molar-refractivity contribution in [2.45, 2.75) is 83.1 Å². The Morgan fingerprint density at radius 1 is 1.11 bits per heavy atom. The van der Waals surface area contributed by atoms with Crippen molar-refractivity contribution in [3.63, 3.8) is 0 Å². The van der Waals surface area contributed by atoms with Gasteiger partial charge in [0.05, 0.1) is 30.8 Å². The minimum Gasteiger partial charge on any atom is -0.465 e. The summed E-state index contributed by atoms with van der Waals surface area (Å²) in [4.78, 5) is 44.9. The summed E-state index contributed by atoms with van der Waals surface area (Å²) in [5.74, 6) is -2.54. The van der Waals surface area contributed by atoms with Crippen LogP contribution < -0.4 is 0 Å². The zero-order valence-corrected chi connectivity index (χ0v) is 21.4. The quantitative estimate of drug-likeness (QED) is 0.320. The van der Waals surface area contributed by atoms with Crippen LogP contribution in [-0.4, -0.2) is 82.3 Å². The lowest BCUT2D eigenvalue weighted by molar-refractivity contribution is -0.162. The molecule has 0 radical (unpaired) electrons. The molecule has 4 aliphatic heterocycles. The van der Waals surface area contributed by atoms with E-state index in [4.69, 9.17) is 9.47 Å². The van der Waals surface area contributed by atoms with Gasteiger partial charge in [-0.05, 0) is 32.1 Å². The van der Waals surface area contributed by atoms with E-state index in [1.165, 1.54) is 0 Å². The number of aliphatic hydroxyl groups excluding tert-OH is 1. The van der Waals surface area contributed by atoms with Crippen molar-refractivity contribution in [2.75, 3.05) is 26.3 Å². The topological polar surface area (TPSA) is 96.4 Å². The predicted octanol–water partition coefficient (Wildman–Crippen LogP) is 2.46. The Kier molecular flexibility index (Phi) is 7.44. The molecule has 0 bridgehead atoms. The first-order valence-corrected chi connectivity index (χ1v) is 13.1. The molecular weight excluding hydrogens is 448 g/mol. The minimum atomic E-state index is -1.30. The zero-order chi connectivity index (χ0) is 25.4. The molecule has 8 heteroatoms. The van der Waals surface area contributed by atoms with Crippen molar-refractivity contribution in [3.8, 4) is 0 Å². The van der Waals surface area contributed by atoms with E-state index in [0.29, 0.717) is 25.9 Å². The van der Waals surface area contributed by atoms with Crippen LogP contribution in [0.2, 0.25) is 0 Å². The van der Waals surface area contributed by atoms with Crippen LogP contribution in [0.5, 0.6) is 0 Å². The van der Waals surface area contributed by atoms with E-state index in [2.05, 4.69) is 6.92 Å². The number of cyclic esters (lactones) is 1. The van der Waals surface area contributed by atoms with Crippen LogP contribution in [-0.2, 0) is 23.9 Å². The molecule has 0 aromatic rings. The molecule has 0 aliphatic carbocycles. The van der Waals surface area contributed by atoms with Gasteiger partial charge in [-0.3, -0.25) is 14.4 Å². The van der Waals surface area contributed by atoms with Crippen molar-refractivity contribution >= 4 is 17.8 Å². The number of unbranched alkanes of at least 4 members (excludes halogenated alkanes) is 2. The van der Waals surface area contributed by atoms with Gasteiger partial charge in [0.1, 0.15) is 17.6 Å². The van der Waals surface area contributed by atoms with Crippen molar-refractivity contribution in [2.24, 2.45) is 17.8 Å². The van der Waals surface area contributed by atoms with Crippen molar-refractivity contribution in [1.29, 1.82) is 0 Å². The Bertz CT molecular complexity index is 900. The van der Waals surface area contributed by atoms with Gasteiger partial charge in [0.25, 0.3) is 0 Å². The van der Waals surface area contributed by atoms with Gasteiger partial charge in [-0.25, -0.2) is 0 Å². The van der Waals surface area contributed by atoms with Gasteiger partial charge in [0.15, 0.2) is 0 Å². The molecule has 2 saturated heterocycles. The highest BCUT2D eigenvalue weighted by molar-refractivity contribution is 5.99. The highest BCUT2D eigenvalue weighted by atomic mass is 16.6. The third kappa shape index (κ3) is 4.33. The molecule has 4 heterocycles. The summed E-state index contributed by atoms with van der Waals surface area (Å²) in [6.07, 6.45) is 11.6. The summed E-state index contributed by atoms with van der Waals surface area (Å²) in [5.41, 5.74) is -2.37. The normalized spacial score (nSPS) is 35.4. The maximum absolute atomic E-state index is 14.2. The second-order valence-electron chi connectivity index (χ2n) is 11.0. The third-order valence-electron chi connectivity index (χ3n) is 7.92. The van der Waals surface area contributed by atoms with E-state index in [1.54, 1.807) is 9.80 Å². The highest BCUT2D eigenvalue weighted by Crippen LogP contribution is 2.57. The molecule has 6 atom stereocenters. The molecule has 4 aliphatic rings. The second-order valence-corrected chi connectivity index (χ2v) is 11.0. The van der Waals surface area contributed by atoms with E-state index in [0.717, 1.165) is 19.3 Å². The van der Waals surface area contributed by atoms with Crippen LogP contribution in [0, 0.1) is 17.8 Å². The summed E-state index contributed by atoms with van der Waals surface area (Å²) in [6.45, 7) is 8.97. The Morgan fingerprint density at radius 2 is 1.89 bits per heavy atom. The Hall–Kier alpha value is -2.19. The first-order chi connectivity index (χ1) is 16.7. The Morgan fingerprint density at radius 3 is 2.57 bits per heavy atom. The van der Waals surface area contributed by atoms with E-state index >= 15 is 0 Å². The number of hydrogen-bond donors (Lipinski definition) is 1. The van der Waals surface area contributed by atoms with E-state index < -0.39 is 41.1 Å². The molecule has 8 nitrogen and oxygen atoms in total. The maximum Gasteiger partial charge on any atom is 0.313 e. The summed E-state index contributed by atoms with van der Waals surface area (Å²) >= 11 is 0. The van der Waals surface area contributed by atoms with Gasteiger partial charge in [0, 0.05) is 13.1 Å². The number of amides is 2. The molecule has 1 N–H and O–H groups in total. The average molecular weight is 489 g/mol. The molecular formula is C27H40N2O6. The van der Waals surface area contributed by atoms with E-state index in [1.807, 2.05) is 45.1 Å². The van der Waals surface area contributed by atoms with Crippen LogP contribution in [0.4, 0.5) is 0 Å². The molecule has 194 valence electrons. The van der Waals surface area contributed by atoms with Gasteiger partial charge < -0.3 is 24.4 Å². The molecule has 0 saturated carbocycles. The molecule has 1 spiro atoms. The number of hydrogen-bond acceptors (Lipinski definition) is 6. The molecule has 0 aromatic heterocycles. The number of esters is 1. The SMILES string of the molecule is CCCCCN1CC=C[C@]23O[C@@]4(C)C=CCCOC(=O)[C@H]4[C@H]2C(=O)N([C@@H](CO)CC(C)C)C3C1=O. The standard InChI is InChI=1S/C27H40N2O6/c1-5-6-8-13-28-14-10-12-27-20(21-25(33)34-15-9-7-11-26(21,4)35-27)23(31)29(22(27)24(28)32)19(17-30)16-18(2)3/h7,10-12,18-22,30H,5-6,8-9,13-17H2,1-4H3/t19-,20+,21-,22?,26+,27+/m1/s1. The number of fused-ring (bicyclic) bond motifs is 2. The van der Waals surface area contributed by atoms with Gasteiger partial charge in [0.2, 0.25) is 11.8 Å². The number of likely N-dealkylation sites (tertiary alicyclic amines) is 1. The summed E-state index contributed by atoms with van der Waals surface area (Å²) in [7, 11) is 0. The van der Waals surface area contributed by atoms with Crippen molar-refractivity contribution in [3.05, 3.63) is 24.3 Å². The molecule has 35 heavy (non-hydrogen) atoms. The van der Waals surface area contributed by atoms with Crippen LogP contribution in [0.3, 0.4) is 0 Å². The van der Waals surface area contributed by atoms with Crippen LogP contribution in [0.25, 0.3) is 0 Å². The highest BCUT2D eigenvalue weighted by Gasteiger charge is 2.75. The molecule has 0 aromatic carbocycles. The Balaban J connectivity index is 1.83. The summed E-state index contributed by atoms with van der Waals surface area (Å²) in [5, 5.41) is 10.3. The fourth-order valence-electron chi connectivity index (χ4n) is 6.44. The third-order valence-corrected chi connectivity index (χ3v) is 7.92. The lowest BCUT2D eigenvalue weighted by atomic mass is 9.74. The fraction of sp³-hybridized carbons (Fsp3) is 0.741. The van der Waals surface area contributed by atoms with Crippen LogP contribution >= 0.6 is 0 Å². The van der Waals surface area contributed by atoms with Gasteiger partial charge in [-0.1, -0.05) is 57.9 Å². The maximum atomic E-state index is 14.2. The van der Waals surface area contributed by atoms with Gasteiger partial charge in [-0.15, -0.1) is 0 Å². The van der Waals surface area contributed by atoms with E-state index in [-0.39, 0.29) is 30.9 Å². The zero-order valence-electron chi connectivity index (χ0n) is 21.4. The van der Waals surface area contributed by atoms with Crippen LogP contribution in [0.15, 0.2) is 24.3 Å². The fourth-order valence-corrected chi connectivity index (χ4v) is 6.44. The minimum absolute atomic E-state index is 0.181. The number of ether oxygens (including phenoxy) is 2. The number of carbonyl (C=O) groups is 3. The molecule has 4 rings (SSSR count). The second kappa shape index (κ2) is 10.1. The molecule has 2 fully saturated rings. The number of carbonyl (C=O) groups excluding carboxylic acids is 3.